The van der Waals surface area contributed by atoms with E-state index in [0.29, 0.717) is 63.1 Å². The quantitative estimate of drug-likeness (QED) is 0.444. The van der Waals surface area contributed by atoms with E-state index in [1.54, 1.807) is 19.2 Å². The summed E-state index contributed by atoms with van der Waals surface area (Å²) in [7, 11) is 1.61. The molecule has 8 nitrogen and oxygen atoms in total. The Kier molecular flexibility index (Phi) is 10.2. The maximum Gasteiger partial charge on any atom is 0.222 e. The molecule has 2 aliphatic rings. The van der Waals surface area contributed by atoms with Crippen LogP contribution in [0.4, 0.5) is 4.39 Å². The molecule has 1 amide bonds. The van der Waals surface area contributed by atoms with Crippen LogP contribution in [0.25, 0.3) is 0 Å². The third-order valence-electron chi connectivity index (χ3n) is 6.88. The highest BCUT2D eigenvalue weighted by molar-refractivity contribution is 5.76. The van der Waals surface area contributed by atoms with E-state index in [4.69, 9.17) is 18.9 Å². The predicted molar refractivity (Wildman–Crippen MR) is 141 cm³/mol. The van der Waals surface area contributed by atoms with E-state index in [1.807, 2.05) is 23.1 Å². The molecule has 2 fully saturated rings. The second kappa shape index (κ2) is 13.8. The van der Waals surface area contributed by atoms with Crippen LogP contribution in [0.2, 0.25) is 0 Å². The van der Waals surface area contributed by atoms with Crippen molar-refractivity contribution in [3.63, 3.8) is 0 Å². The fourth-order valence-corrected chi connectivity index (χ4v) is 4.90. The number of aliphatic hydroxyl groups is 1. The van der Waals surface area contributed by atoms with Crippen LogP contribution in [0, 0.1) is 5.82 Å². The van der Waals surface area contributed by atoms with Crippen LogP contribution in [-0.4, -0.2) is 86.1 Å². The van der Waals surface area contributed by atoms with Gasteiger partial charge in [0.15, 0.2) is 11.5 Å². The van der Waals surface area contributed by atoms with Gasteiger partial charge in [0, 0.05) is 45.2 Å². The van der Waals surface area contributed by atoms with Crippen molar-refractivity contribution in [3.8, 4) is 17.2 Å². The third kappa shape index (κ3) is 8.31. The lowest BCUT2D eigenvalue weighted by molar-refractivity contribution is -0.130. The molecule has 1 atom stereocenters. The van der Waals surface area contributed by atoms with E-state index in [0.717, 1.165) is 37.8 Å². The average Bonchev–Trinajstić information content (AvgIpc) is 3.23. The molecule has 0 saturated carbocycles. The number of nitrogens with zero attached hydrogens (tertiary/aromatic N) is 2. The summed E-state index contributed by atoms with van der Waals surface area (Å²) < 4.78 is 36.4. The van der Waals surface area contributed by atoms with Gasteiger partial charge in [0.25, 0.3) is 0 Å². The highest BCUT2D eigenvalue weighted by Gasteiger charge is 2.33. The molecular formula is C29H39FN2O6. The average molecular weight is 531 g/mol. The first-order valence-electron chi connectivity index (χ1n) is 13.4. The number of carbonyl (C=O) groups is 1. The molecule has 0 bridgehead atoms. The highest BCUT2D eigenvalue weighted by atomic mass is 19.1. The van der Waals surface area contributed by atoms with E-state index in [2.05, 4.69) is 4.90 Å². The number of β-amino-alcohol motifs (C(OH)–C–C–N with tert-alkyl or cyclic N) is 1. The van der Waals surface area contributed by atoms with Crippen molar-refractivity contribution in [3.05, 3.63) is 53.8 Å². The zero-order valence-corrected chi connectivity index (χ0v) is 22.2. The molecule has 0 spiro atoms. The number of rotatable bonds is 11. The van der Waals surface area contributed by atoms with Crippen LogP contribution in [0.15, 0.2) is 42.5 Å². The standard InChI is InChI=1S/C29H39FN2O6/c1-35-26-11-10-23(17-27(26)37-15-6-13-32-12-4-2-3-9-28(32)33)19-31-14-16-36-21-29(34,20-31)22-38-25-8-5-7-24(30)18-25/h5,7-8,10-11,17-18,34H,2-4,6,9,12-16,19-22H2,1H3. The topological polar surface area (TPSA) is 80.7 Å². The van der Waals surface area contributed by atoms with Gasteiger partial charge in [-0.3, -0.25) is 9.69 Å². The SMILES string of the molecule is COc1ccc(CN2CCOCC(O)(COc3cccc(F)c3)C2)cc1OCCCN1CCCCCC1=O. The molecule has 1 N–H and O–H groups in total. The minimum atomic E-state index is -1.24. The Morgan fingerprint density at radius 3 is 2.82 bits per heavy atom. The van der Waals surface area contributed by atoms with Crippen molar-refractivity contribution < 1.29 is 33.2 Å². The van der Waals surface area contributed by atoms with E-state index >= 15 is 0 Å². The maximum absolute atomic E-state index is 13.5. The van der Waals surface area contributed by atoms with Gasteiger partial charge < -0.3 is 29.0 Å². The zero-order valence-electron chi connectivity index (χ0n) is 22.2. The van der Waals surface area contributed by atoms with Crippen molar-refractivity contribution in [1.29, 1.82) is 0 Å². The number of benzene rings is 2. The number of likely N-dealkylation sites (tertiary alicyclic amines) is 1. The van der Waals surface area contributed by atoms with E-state index in [9.17, 15) is 14.3 Å². The number of methoxy groups -OCH3 is 1. The van der Waals surface area contributed by atoms with Crippen molar-refractivity contribution in [2.75, 3.05) is 59.7 Å². The van der Waals surface area contributed by atoms with E-state index in [1.165, 1.54) is 12.1 Å². The van der Waals surface area contributed by atoms with Crippen LogP contribution >= 0.6 is 0 Å². The minimum absolute atomic E-state index is 0.0105. The summed E-state index contributed by atoms with van der Waals surface area (Å²) in [4.78, 5) is 16.3. The molecule has 0 aromatic heterocycles. The lowest BCUT2D eigenvalue weighted by atomic mass is 10.1. The summed E-state index contributed by atoms with van der Waals surface area (Å²) >= 11 is 0. The fraction of sp³-hybridized carbons (Fsp3) is 0.552. The highest BCUT2D eigenvalue weighted by Crippen LogP contribution is 2.29. The molecule has 4 rings (SSSR count). The monoisotopic (exact) mass is 530 g/mol. The molecule has 2 heterocycles. The number of hydrogen-bond donors (Lipinski definition) is 1. The van der Waals surface area contributed by atoms with Crippen LogP contribution < -0.4 is 14.2 Å². The molecule has 2 aliphatic heterocycles. The molecule has 2 aromatic carbocycles. The Hall–Kier alpha value is -2.88. The number of halogens is 1. The largest absolute Gasteiger partial charge is 0.493 e. The summed E-state index contributed by atoms with van der Waals surface area (Å²) in [6, 6.07) is 11.7. The third-order valence-corrected chi connectivity index (χ3v) is 6.88. The molecule has 2 saturated heterocycles. The summed E-state index contributed by atoms with van der Waals surface area (Å²) in [6.45, 7) is 4.19. The first-order valence-corrected chi connectivity index (χ1v) is 13.4. The summed E-state index contributed by atoms with van der Waals surface area (Å²) in [6.07, 6.45) is 4.56. The van der Waals surface area contributed by atoms with Crippen molar-refractivity contribution in [1.82, 2.24) is 9.80 Å². The predicted octanol–water partition coefficient (Wildman–Crippen LogP) is 3.65. The van der Waals surface area contributed by atoms with Gasteiger partial charge in [-0.25, -0.2) is 4.39 Å². The molecular weight excluding hydrogens is 491 g/mol. The number of ether oxygens (including phenoxy) is 4. The zero-order chi connectivity index (χ0) is 26.8. The van der Waals surface area contributed by atoms with Gasteiger partial charge in [-0.1, -0.05) is 18.6 Å². The Bertz CT molecular complexity index is 1050. The van der Waals surface area contributed by atoms with Crippen LogP contribution in [0.1, 0.15) is 37.7 Å². The van der Waals surface area contributed by atoms with Gasteiger partial charge in [0.1, 0.15) is 23.8 Å². The first kappa shape index (κ1) is 28.1. The van der Waals surface area contributed by atoms with Gasteiger partial charge in [-0.05, 0) is 49.1 Å². The van der Waals surface area contributed by atoms with Gasteiger partial charge in [-0.15, -0.1) is 0 Å². The second-order valence-electron chi connectivity index (χ2n) is 10.1. The Morgan fingerprint density at radius 1 is 1.08 bits per heavy atom. The van der Waals surface area contributed by atoms with Crippen LogP contribution in [0.5, 0.6) is 17.2 Å². The number of carbonyl (C=O) groups excluding carboxylic acids is 1. The van der Waals surface area contributed by atoms with Crippen molar-refractivity contribution in [2.24, 2.45) is 0 Å². The fourth-order valence-electron chi connectivity index (χ4n) is 4.90. The normalized spacial score (nSPS) is 21.0. The Morgan fingerprint density at radius 2 is 1.97 bits per heavy atom. The van der Waals surface area contributed by atoms with Gasteiger partial charge in [-0.2, -0.15) is 0 Å². The molecule has 1 unspecified atom stereocenters. The van der Waals surface area contributed by atoms with Crippen molar-refractivity contribution >= 4 is 5.91 Å². The molecule has 0 aliphatic carbocycles. The van der Waals surface area contributed by atoms with E-state index < -0.39 is 5.60 Å². The van der Waals surface area contributed by atoms with E-state index in [-0.39, 0.29) is 24.9 Å². The smallest absolute Gasteiger partial charge is 0.222 e. The van der Waals surface area contributed by atoms with Gasteiger partial charge >= 0.3 is 0 Å². The van der Waals surface area contributed by atoms with Crippen LogP contribution in [0.3, 0.4) is 0 Å². The summed E-state index contributed by atoms with van der Waals surface area (Å²) in [5.41, 5.74) is -0.224. The van der Waals surface area contributed by atoms with Gasteiger partial charge in [0.2, 0.25) is 5.91 Å². The first-order chi connectivity index (χ1) is 18.4. The number of amides is 1. The molecule has 0 radical (unpaired) electrons. The lowest BCUT2D eigenvalue weighted by Gasteiger charge is -2.30. The number of hydrogen-bond acceptors (Lipinski definition) is 7. The van der Waals surface area contributed by atoms with Crippen molar-refractivity contribution in [2.45, 2.75) is 44.2 Å². The summed E-state index contributed by atoms with van der Waals surface area (Å²) in [5, 5.41) is 11.2. The molecule has 38 heavy (non-hydrogen) atoms. The molecule has 9 heteroatoms. The molecule has 208 valence electrons. The minimum Gasteiger partial charge on any atom is -0.493 e. The molecule has 2 aromatic rings. The Labute approximate surface area is 224 Å². The van der Waals surface area contributed by atoms with Gasteiger partial charge in [0.05, 0.1) is 26.9 Å². The van der Waals surface area contributed by atoms with Crippen LogP contribution in [-0.2, 0) is 16.1 Å². The Balaban J connectivity index is 1.32. The lowest BCUT2D eigenvalue weighted by Crippen LogP contribution is -2.48. The second-order valence-corrected chi connectivity index (χ2v) is 10.1. The maximum atomic E-state index is 13.5. The summed E-state index contributed by atoms with van der Waals surface area (Å²) in [5.74, 6) is 1.53.